The third kappa shape index (κ3) is 4.54. The Labute approximate surface area is 171 Å². The summed E-state index contributed by atoms with van der Waals surface area (Å²) in [6.07, 6.45) is 3.31. The van der Waals surface area contributed by atoms with Crippen molar-refractivity contribution in [2.24, 2.45) is 0 Å². The minimum absolute atomic E-state index is 0.157. The van der Waals surface area contributed by atoms with Crippen molar-refractivity contribution in [3.63, 3.8) is 0 Å². The molecule has 0 atom stereocenters. The number of hydrogen-bond donors (Lipinski definition) is 1. The zero-order chi connectivity index (χ0) is 20.2. The number of ether oxygens (including phenoxy) is 2. The lowest BCUT2D eigenvalue weighted by Gasteiger charge is -2.35. The van der Waals surface area contributed by atoms with E-state index in [0.717, 1.165) is 55.3 Å². The van der Waals surface area contributed by atoms with Crippen LogP contribution in [0.5, 0.6) is 11.5 Å². The molecule has 0 aromatic heterocycles. The number of nitrogens with one attached hydrogen (secondary N) is 1. The molecule has 2 aliphatic heterocycles. The van der Waals surface area contributed by atoms with E-state index in [4.69, 9.17) is 9.47 Å². The van der Waals surface area contributed by atoms with E-state index in [2.05, 4.69) is 34.2 Å². The monoisotopic (exact) mass is 393 g/mol. The molecular weight excluding hydrogens is 366 g/mol. The van der Waals surface area contributed by atoms with Gasteiger partial charge in [-0.05, 0) is 61.0 Å². The van der Waals surface area contributed by atoms with Gasteiger partial charge in [0, 0.05) is 43.6 Å². The maximum Gasteiger partial charge on any atom is 0.248 e. The van der Waals surface area contributed by atoms with Crippen molar-refractivity contribution in [1.29, 1.82) is 0 Å². The van der Waals surface area contributed by atoms with Crippen molar-refractivity contribution in [2.75, 3.05) is 49.7 Å². The summed E-state index contributed by atoms with van der Waals surface area (Å²) in [4.78, 5) is 17.2. The summed E-state index contributed by atoms with van der Waals surface area (Å²) in [5.74, 6) is 1.28. The van der Waals surface area contributed by atoms with E-state index in [1.54, 1.807) is 6.08 Å². The average molecular weight is 393 g/mol. The fraction of sp³-hybridized carbons (Fsp3) is 0.348. The topological polar surface area (TPSA) is 54.0 Å². The number of fused-ring (bicyclic) bond motifs is 1. The normalized spacial score (nSPS) is 16.4. The smallest absolute Gasteiger partial charge is 0.248 e. The van der Waals surface area contributed by atoms with E-state index in [1.807, 2.05) is 31.2 Å². The van der Waals surface area contributed by atoms with E-state index in [-0.39, 0.29) is 12.7 Å². The van der Waals surface area contributed by atoms with Crippen molar-refractivity contribution in [3.05, 3.63) is 53.6 Å². The van der Waals surface area contributed by atoms with Gasteiger partial charge in [0.2, 0.25) is 12.7 Å². The molecule has 0 bridgehead atoms. The number of aryl methyl sites for hydroxylation is 1. The molecule has 1 amide bonds. The van der Waals surface area contributed by atoms with Crippen LogP contribution in [0.2, 0.25) is 0 Å². The molecule has 1 N–H and O–H groups in total. The molecule has 2 aliphatic rings. The standard InChI is InChI=1S/C23H27N3O3/c1-3-25-10-12-26(13-11-25)19-6-7-20(17(2)14-19)24-23(27)9-5-18-4-8-21-22(15-18)29-16-28-21/h4-9,14-15H,3,10-13,16H2,1-2H3,(H,24,27)/b9-5+. The number of benzene rings is 2. The van der Waals surface area contributed by atoms with Crippen molar-refractivity contribution >= 4 is 23.4 Å². The molecule has 2 aromatic carbocycles. The molecule has 1 fully saturated rings. The van der Waals surface area contributed by atoms with Crippen LogP contribution in [0.15, 0.2) is 42.5 Å². The number of nitrogens with zero attached hydrogens (tertiary/aromatic N) is 2. The molecule has 0 radical (unpaired) electrons. The van der Waals surface area contributed by atoms with Gasteiger partial charge in [-0.2, -0.15) is 0 Å². The Morgan fingerprint density at radius 2 is 1.86 bits per heavy atom. The zero-order valence-electron chi connectivity index (χ0n) is 17.0. The first kappa shape index (κ1) is 19.3. The summed E-state index contributed by atoms with van der Waals surface area (Å²) in [5, 5.41) is 2.97. The Hall–Kier alpha value is -2.99. The van der Waals surface area contributed by atoms with E-state index < -0.39 is 0 Å². The van der Waals surface area contributed by atoms with Gasteiger partial charge in [-0.25, -0.2) is 0 Å². The Morgan fingerprint density at radius 1 is 1.07 bits per heavy atom. The quantitative estimate of drug-likeness (QED) is 0.788. The highest BCUT2D eigenvalue weighted by atomic mass is 16.7. The molecule has 6 heteroatoms. The summed E-state index contributed by atoms with van der Waals surface area (Å²) in [6.45, 7) is 9.86. The number of piperazine rings is 1. The van der Waals surface area contributed by atoms with Crippen molar-refractivity contribution in [2.45, 2.75) is 13.8 Å². The lowest BCUT2D eigenvalue weighted by Crippen LogP contribution is -2.46. The molecular formula is C23H27N3O3. The number of anilines is 2. The van der Waals surface area contributed by atoms with E-state index in [0.29, 0.717) is 5.75 Å². The van der Waals surface area contributed by atoms with Crippen LogP contribution in [0.25, 0.3) is 6.08 Å². The SMILES string of the molecule is CCN1CCN(c2ccc(NC(=O)/C=C/c3ccc4c(c3)OCO4)c(C)c2)CC1. The van der Waals surface area contributed by atoms with Gasteiger partial charge in [0.15, 0.2) is 11.5 Å². The maximum atomic E-state index is 12.4. The Kier molecular flexibility index (Phi) is 5.71. The fourth-order valence-electron chi connectivity index (χ4n) is 3.67. The van der Waals surface area contributed by atoms with Crippen LogP contribution in [0.1, 0.15) is 18.1 Å². The van der Waals surface area contributed by atoms with Crippen molar-refractivity contribution < 1.29 is 14.3 Å². The van der Waals surface area contributed by atoms with Crippen LogP contribution in [0.3, 0.4) is 0 Å². The van der Waals surface area contributed by atoms with Crippen LogP contribution >= 0.6 is 0 Å². The molecule has 1 saturated heterocycles. The van der Waals surface area contributed by atoms with E-state index in [9.17, 15) is 4.79 Å². The number of hydrogen-bond acceptors (Lipinski definition) is 5. The van der Waals surface area contributed by atoms with Crippen molar-refractivity contribution in [3.8, 4) is 11.5 Å². The number of carbonyl (C=O) groups is 1. The van der Waals surface area contributed by atoms with Crippen LogP contribution in [-0.4, -0.2) is 50.3 Å². The summed E-state index contributed by atoms with van der Waals surface area (Å²) in [5.41, 5.74) is 4.00. The maximum absolute atomic E-state index is 12.4. The minimum atomic E-state index is -0.157. The summed E-state index contributed by atoms with van der Waals surface area (Å²) in [6, 6.07) is 11.8. The van der Waals surface area contributed by atoms with Gasteiger partial charge in [0.25, 0.3) is 0 Å². The molecule has 29 heavy (non-hydrogen) atoms. The number of rotatable bonds is 5. The second-order valence-corrected chi connectivity index (χ2v) is 7.36. The van der Waals surface area contributed by atoms with Crippen LogP contribution in [0.4, 0.5) is 11.4 Å². The van der Waals surface area contributed by atoms with Crippen LogP contribution < -0.4 is 19.7 Å². The summed E-state index contributed by atoms with van der Waals surface area (Å²) < 4.78 is 10.7. The predicted molar refractivity (Wildman–Crippen MR) is 116 cm³/mol. The highest BCUT2D eigenvalue weighted by Crippen LogP contribution is 2.32. The van der Waals surface area contributed by atoms with Crippen LogP contribution in [-0.2, 0) is 4.79 Å². The molecule has 4 rings (SSSR count). The molecule has 2 aromatic rings. The number of carbonyl (C=O) groups excluding carboxylic acids is 1. The third-order valence-electron chi connectivity index (χ3n) is 5.48. The zero-order valence-corrected chi connectivity index (χ0v) is 17.0. The molecule has 6 nitrogen and oxygen atoms in total. The molecule has 0 aliphatic carbocycles. The van der Waals surface area contributed by atoms with Gasteiger partial charge in [-0.3, -0.25) is 4.79 Å². The lowest BCUT2D eigenvalue weighted by molar-refractivity contribution is -0.111. The van der Waals surface area contributed by atoms with Crippen LogP contribution in [0, 0.1) is 6.92 Å². The second kappa shape index (κ2) is 8.57. The average Bonchev–Trinajstić information content (AvgIpc) is 3.22. The summed E-state index contributed by atoms with van der Waals surface area (Å²) in [7, 11) is 0. The molecule has 0 unspecified atom stereocenters. The molecule has 2 heterocycles. The Balaban J connectivity index is 1.37. The van der Waals surface area contributed by atoms with Gasteiger partial charge in [-0.1, -0.05) is 13.0 Å². The van der Waals surface area contributed by atoms with Gasteiger partial charge in [0.1, 0.15) is 0 Å². The Bertz CT molecular complexity index is 918. The van der Waals surface area contributed by atoms with E-state index >= 15 is 0 Å². The van der Waals surface area contributed by atoms with E-state index in [1.165, 1.54) is 11.8 Å². The fourth-order valence-corrected chi connectivity index (χ4v) is 3.67. The largest absolute Gasteiger partial charge is 0.454 e. The number of amides is 1. The second-order valence-electron chi connectivity index (χ2n) is 7.36. The predicted octanol–water partition coefficient (Wildman–Crippen LogP) is 3.52. The number of likely N-dealkylation sites (N-methyl/N-ethyl adjacent to an activating group) is 1. The van der Waals surface area contributed by atoms with Crippen molar-refractivity contribution in [1.82, 2.24) is 4.90 Å². The minimum Gasteiger partial charge on any atom is -0.454 e. The molecule has 0 saturated carbocycles. The first-order chi connectivity index (χ1) is 14.1. The van der Waals surface area contributed by atoms with Gasteiger partial charge < -0.3 is 24.6 Å². The van der Waals surface area contributed by atoms with Gasteiger partial charge >= 0.3 is 0 Å². The summed E-state index contributed by atoms with van der Waals surface area (Å²) >= 11 is 0. The lowest BCUT2D eigenvalue weighted by atomic mass is 10.1. The first-order valence-corrected chi connectivity index (χ1v) is 10.1. The molecule has 152 valence electrons. The van der Waals surface area contributed by atoms with Gasteiger partial charge in [0.05, 0.1) is 0 Å². The third-order valence-corrected chi connectivity index (χ3v) is 5.48. The highest BCUT2D eigenvalue weighted by molar-refractivity contribution is 6.02. The van der Waals surface area contributed by atoms with Gasteiger partial charge in [-0.15, -0.1) is 0 Å². The first-order valence-electron chi connectivity index (χ1n) is 10.1. The molecule has 0 spiro atoms. The highest BCUT2D eigenvalue weighted by Gasteiger charge is 2.16. The Morgan fingerprint density at radius 3 is 2.62 bits per heavy atom.